The number of nitrogens with zero attached hydrogens (tertiary/aromatic N) is 1. The number of rotatable bonds is 5. The van der Waals surface area contributed by atoms with E-state index in [4.69, 9.17) is 0 Å². The second-order valence-corrected chi connectivity index (χ2v) is 8.30. The number of hydrogen-bond donors (Lipinski definition) is 0. The molecule has 0 saturated carbocycles. The normalized spacial score (nSPS) is 11.2. The molecule has 0 saturated heterocycles. The fourth-order valence-electron chi connectivity index (χ4n) is 3.54. The number of hydrogen-bond acceptors (Lipinski definition) is 1. The third-order valence-electron chi connectivity index (χ3n) is 5.24. The third-order valence-corrected chi connectivity index (χ3v) is 6.33. The molecule has 0 fully saturated rings. The fraction of sp³-hybridized carbons (Fsp3) is 0.200. The van der Waals surface area contributed by atoms with E-state index in [0.717, 1.165) is 12.3 Å². The lowest BCUT2D eigenvalue weighted by Gasteiger charge is -2.09. The van der Waals surface area contributed by atoms with Crippen LogP contribution in [-0.2, 0) is 12.3 Å². The first kappa shape index (κ1) is 17.9. The van der Waals surface area contributed by atoms with Crippen LogP contribution in [0.5, 0.6) is 0 Å². The quantitative estimate of drug-likeness (QED) is 0.345. The van der Waals surface area contributed by atoms with Crippen molar-refractivity contribution in [3.8, 4) is 0 Å². The molecule has 136 valence electrons. The zero-order chi connectivity index (χ0) is 18.8. The van der Waals surface area contributed by atoms with E-state index in [1.54, 1.807) is 0 Å². The van der Waals surface area contributed by atoms with Gasteiger partial charge >= 0.3 is 0 Å². The second-order valence-electron chi connectivity index (χ2n) is 7.28. The summed E-state index contributed by atoms with van der Waals surface area (Å²) in [6.07, 6.45) is 2.33. The second kappa shape index (κ2) is 7.66. The summed E-state index contributed by atoms with van der Waals surface area (Å²) < 4.78 is 2.40. The Hall–Kier alpha value is -2.45. The van der Waals surface area contributed by atoms with Crippen LogP contribution < -0.4 is 0 Å². The minimum atomic E-state index is 0.916. The van der Waals surface area contributed by atoms with Crippen molar-refractivity contribution < 1.29 is 0 Å². The highest BCUT2D eigenvalue weighted by Crippen LogP contribution is 2.33. The molecule has 0 amide bonds. The van der Waals surface area contributed by atoms with E-state index in [-0.39, 0.29) is 0 Å². The molecule has 1 aromatic heterocycles. The molecule has 0 aliphatic rings. The molecule has 27 heavy (non-hydrogen) atoms. The molecule has 0 bridgehead atoms. The molecule has 0 spiro atoms. The van der Waals surface area contributed by atoms with Crippen molar-refractivity contribution in [1.82, 2.24) is 4.57 Å². The molecule has 1 nitrogen and oxygen atoms in total. The van der Waals surface area contributed by atoms with Gasteiger partial charge < -0.3 is 4.57 Å². The fourth-order valence-corrected chi connectivity index (χ4v) is 4.71. The van der Waals surface area contributed by atoms with Gasteiger partial charge in [0.1, 0.15) is 0 Å². The standard InChI is InChI=1S/C25H25NS/c1-18-12-13-20(3)22(14-18)15-26-16-25(23-10-6-7-11-24(23)26)27-17-21-9-5-4-8-19(21)2/h4-14,16H,15,17H2,1-3H3. The zero-order valence-corrected chi connectivity index (χ0v) is 17.0. The first-order chi connectivity index (χ1) is 13.1. The lowest BCUT2D eigenvalue weighted by atomic mass is 10.1. The summed E-state index contributed by atoms with van der Waals surface area (Å²) in [5, 5.41) is 1.35. The molecule has 2 heteroatoms. The lowest BCUT2D eigenvalue weighted by Crippen LogP contribution is -2.00. The van der Waals surface area contributed by atoms with Gasteiger partial charge in [-0.2, -0.15) is 0 Å². The van der Waals surface area contributed by atoms with Crippen LogP contribution in [0.25, 0.3) is 10.9 Å². The topological polar surface area (TPSA) is 4.93 Å². The molecular weight excluding hydrogens is 346 g/mol. The average molecular weight is 372 g/mol. The average Bonchev–Trinajstić information content (AvgIpc) is 3.02. The smallest absolute Gasteiger partial charge is 0.0495 e. The van der Waals surface area contributed by atoms with Crippen LogP contribution in [0.3, 0.4) is 0 Å². The first-order valence-corrected chi connectivity index (χ1v) is 10.4. The molecule has 3 aromatic carbocycles. The Balaban J connectivity index is 1.67. The predicted octanol–water partition coefficient (Wildman–Crippen LogP) is 6.91. The van der Waals surface area contributed by atoms with Crippen LogP contribution in [0, 0.1) is 20.8 Å². The summed E-state index contributed by atoms with van der Waals surface area (Å²) >= 11 is 1.94. The van der Waals surface area contributed by atoms with Gasteiger partial charge in [-0.15, -0.1) is 11.8 Å². The summed E-state index contributed by atoms with van der Waals surface area (Å²) in [4.78, 5) is 1.36. The van der Waals surface area contributed by atoms with Gasteiger partial charge in [-0.3, -0.25) is 0 Å². The van der Waals surface area contributed by atoms with Crippen LogP contribution in [0.15, 0.2) is 77.8 Å². The van der Waals surface area contributed by atoms with Crippen molar-refractivity contribution in [2.75, 3.05) is 0 Å². The Kier molecular flexibility index (Phi) is 5.09. The van der Waals surface area contributed by atoms with E-state index in [0.29, 0.717) is 0 Å². The Morgan fingerprint density at radius 1 is 0.778 bits per heavy atom. The minimum absolute atomic E-state index is 0.916. The summed E-state index contributed by atoms with van der Waals surface area (Å²) in [5.41, 5.74) is 8.16. The van der Waals surface area contributed by atoms with E-state index >= 15 is 0 Å². The zero-order valence-electron chi connectivity index (χ0n) is 16.2. The molecule has 4 rings (SSSR count). The highest BCUT2D eigenvalue weighted by molar-refractivity contribution is 7.98. The van der Waals surface area contributed by atoms with Gasteiger partial charge in [0.25, 0.3) is 0 Å². The highest BCUT2D eigenvalue weighted by Gasteiger charge is 2.11. The van der Waals surface area contributed by atoms with Crippen molar-refractivity contribution in [2.45, 2.75) is 38.0 Å². The van der Waals surface area contributed by atoms with Crippen LogP contribution in [0.1, 0.15) is 27.8 Å². The third kappa shape index (κ3) is 3.81. The molecule has 0 unspecified atom stereocenters. The van der Waals surface area contributed by atoms with Crippen LogP contribution in [0.2, 0.25) is 0 Å². The predicted molar refractivity (Wildman–Crippen MR) is 118 cm³/mol. The number of thioether (sulfide) groups is 1. The minimum Gasteiger partial charge on any atom is -0.342 e. The monoisotopic (exact) mass is 371 g/mol. The van der Waals surface area contributed by atoms with Gasteiger partial charge in [0, 0.05) is 34.3 Å². The van der Waals surface area contributed by atoms with Crippen molar-refractivity contribution in [3.05, 3.63) is 101 Å². The number of aryl methyl sites for hydroxylation is 3. The molecule has 0 N–H and O–H groups in total. The van der Waals surface area contributed by atoms with E-state index < -0.39 is 0 Å². The van der Waals surface area contributed by atoms with Crippen molar-refractivity contribution in [3.63, 3.8) is 0 Å². The highest BCUT2D eigenvalue weighted by atomic mass is 32.2. The van der Waals surface area contributed by atoms with Crippen molar-refractivity contribution in [1.29, 1.82) is 0 Å². The van der Waals surface area contributed by atoms with Gasteiger partial charge in [0.05, 0.1) is 0 Å². The van der Waals surface area contributed by atoms with E-state index in [1.165, 1.54) is 43.6 Å². The van der Waals surface area contributed by atoms with Crippen LogP contribution in [0.4, 0.5) is 0 Å². The van der Waals surface area contributed by atoms with Gasteiger partial charge in [-0.05, 0) is 49.1 Å². The SMILES string of the molecule is Cc1ccc(C)c(Cn2cc(SCc3ccccc3C)c3ccccc32)c1. The van der Waals surface area contributed by atoms with Crippen LogP contribution in [-0.4, -0.2) is 4.57 Å². The lowest BCUT2D eigenvalue weighted by molar-refractivity contribution is 0.823. The number of fused-ring (bicyclic) bond motifs is 1. The largest absolute Gasteiger partial charge is 0.342 e. The molecule has 0 aliphatic heterocycles. The maximum atomic E-state index is 2.40. The van der Waals surface area contributed by atoms with Gasteiger partial charge in [0.2, 0.25) is 0 Å². The molecule has 0 atom stereocenters. The van der Waals surface area contributed by atoms with Crippen molar-refractivity contribution in [2.24, 2.45) is 0 Å². The molecular formula is C25H25NS. The summed E-state index contributed by atoms with van der Waals surface area (Å²) in [5.74, 6) is 1.00. The summed E-state index contributed by atoms with van der Waals surface area (Å²) in [6.45, 7) is 7.48. The molecule has 0 radical (unpaired) electrons. The Labute approximate surface area is 166 Å². The van der Waals surface area contributed by atoms with E-state index in [1.807, 2.05) is 11.8 Å². The molecule has 1 heterocycles. The number of benzene rings is 3. The molecule has 4 aromatic rings. The van der Waals surface area contributed by atoms with Crippen molar-refractivity contribution >= 4 is 22.7 Å². The van der Waals surface area contributed by atoms with Crippen LogP contribution >= 0.6 is 11.8 Å². The van der Waals surface area contributed by atoms with Gasteiger partial charge in [0.15, 0.2) is 0 Å². The number of para-hydroxylation sites is 1. The maximum absolute atomic E-state index is 2.40. The van der Waals surface area contributed by atoms with E-state index in [9.17, 15) is 0 Å². The first-order valence-electron chi connectivity index (χ1n) is 9.43. The Morgan fingerprint density at radius 3 is 2.37 bits per heavy atom. The van der Waals surface area contributed by atoms with Gasteiger partial charge in [-0.1, -0.05) is 66.2 Å². The van der Waals surface area contributed by atoms with Gasteiger partial charge in [-0.25, -0.2) is 0 Å². The summed E-state index contributed by atoms with van der Waals surface area (Å²) in [7, 11) is 0. The molecule has 0 aliphatic carbocycles. The maximum Gasteiger partial charge on any atom is 0.0495 e. The number of aromatic nitrogens is 1. The summed E-state index contributed by atoms with van der Waals surface area (Å²) in [6, 6.07) is 24.2. The Morgan fingerprint density at radius 2 is 1.52 bits per heavy atom. The van der Waals surface area contributed by atoms with E-state index in [2.05, 4.69) is 98.3 Å². The Bertz CT molecular complexity index is 1090.